The van der Waals surface area contributed by atoms with Gasteiger partial charge in [0.25, 0.3) is 0 Å². The van der Waals surface area contributed by atoms with Crippen molar-refractivity contribution in [2.24, 2.45) is 0 Å². The van der Waals surface area contributed by atoms with Gasteiger partial charge in [0.15, 0.2) is 0 Å². The quantitative estimate of drug-likeness (QED) is 0.633. The van der Waals surface area contributed by atoms with Crippen LogP contribution >= 0.6 is 0 Å². The average Bonchev–Trinajstić information content (AvgIpc) is 2.96. The van der Waals surface area contributed by atoms with Gasteiger partial charge in [0.1, 0.15) is 17.3 Å². The first kappa shape index (κ1) is 12.6. The van der Waals surface area contributed by atoms with Crippen molar-refractivity contribution in [2.75, 3.05) is 0 Å². The van der Waals surface area contributed by atoms with Crippen LogP contribution in [0.5, 0.6) is 0 Å². The Morgan fingerprint density at radius 3 is 2.72 bits per heavy atom. The topological polar surface area (TPSA) is 78.2 Å². The maximum Gasteiger partial charge on any atom is 0.408 e. The fourth-order valence-corrected chi connectivity index (χ4v) is 1.72. The Morgan fingerprint density at radius 2 is 2.22 bits per heavy atom. The van der Waals surface area contributed by atoms with Crippen molar-refractivity contribution in [1.29, 1.82) is 0 Å². The summed E-state index contributed by atoms with van der Waals surface area (Å²) in [7, 11) is 0. The largest absolute Gasteiger partial charge is 0.711 e. The van der Waals surface area contributed by atoms with E-state index in [4.69, 9.17) is 4.74 Å². The smallest absolute Gasteiger partial charge is 0.408 e. The lowest BCUT2D eigenvalue weighted by molar-refractivity contribution is -0.621. The molecule has 0 bridgehead atoms. The molecule has 1 aliphatic carbocycles. The first-order chi connectivity index (χ1) is 8.32. The lowest BCUT2D eigenvalue weighted by Gasteiger charge is -2.22. The fourth-order valence-electron chi connectivity index (χ4n) is 1.72. The van der Waals surface area contributed by atoms with Gasteiger partial charge in [0, 0.05) is 6.07 Å². The molecule has 1 aromatic heterocycles. The minimum atomic E-state index is -0.661. The Kier molecular flexibility index (Phi) is 2.88. The molecular weight excluding hydrogens is 234 g/mol. The molecule has 0 aliphatic heterocycles. The molecule has 0 aromatic carbocycles. The van der Waals surface area contributed by atoms with Crippen LogP contribution in [-0.2, 0) is 10.3 Å². The first-order valence-corrected chi connectivity index (χ1v) is 5.88. The van der Waals surface area contributed by atoms with Crippen LogP contribution in [-0.4, -0.2) is 16.7 Å². The zero-order chi connectivity index (χ0) is 13.4. The normalized spacial score (nSPS) is 17.1. The lowest BCUT2D eigenvalue weighted by atomic mass is 10.2. The molecule has 1 aromatic rings. The van der Waals surface area contributed by atoms with Crippen molar-refractivity contribution in [1.82, 2.24) is 10.3 Å². The lowest BCUT2D eigenvalue weighted by Crippen LogP contribution is -2.46. The molecule has 0 atom stereocenters. The molecule has 0 spiro atoms. The van der Waals surface area contributed by atoms with Gasteiger partial charge in [-0.2, -0.15) is 0 Å². The standard InChI is InChI=1S/C12H17N3O3/c1-11(2,3)18-10(16)14-12(5-6-12)9-13-7-4-8-15(9)17/h4,7-8H,5-6H2,1-3H3,(H,14,16). The molecule has 0 saturated heterocycles. The highest BCUT2D eigenvalue weighted by molar-refractivity contribution is 5.69. The van der Waals surface area contributed by atoms with Crippen molar-refractivity contribution >= 4 is 6.09 Å². The van der Waals surface area contributed by atoms with Gasteiger partial charge >= 0.3 is 11.9 Å². The Balaban J connectivity index is 2.10. The number of nitrogens with one attached hydrogen (secondary N) is 1. The third kappa shape index (κ3) is 2.69. The van der Waals surface area contributed by atoms with E-state index in [1.54, 1.807) is 33.0 Å². The van der Waals surface area contributed by atoms with Crippen LogP contribution in [0, 0.1) is 5.21 Å². The Morgan fingerprint density at radius 1 is 1.56 bits per heavy atom. The second-order valence-corrected chi connectivity index (χ2v) is 5.48. The minimum Gasteiger partial charge on any atom is -0.711 e. The molecule has 6 heteroatoms. The van der Waals surface area contributed by atoms with E-state index >= 15 is 0 Å². The van der Waals surface area contributed by atoms with Crippen molar-refractivity contribution in [3.8, 4) is 0 Å². The van der Waals surface area contributed by atoms with Crippen LogP contribution in [0.15, 0.2) is 18.5 Å². The van der Waals surface area contributed by atoms with E-state index in [9.17, 15) is 10.0 Å². The van der Waals surface area contributed by atoms with Crippen molar-refractivity contribution in [3.63, 3.8) is 0 Å². The zero-order valence-corrected chi connectivity index (χ0v) is 10.8. The van der Waals surface area contributed by atoms with Crippen LogP contribution in [0.25, 0.3) is 0 Å². The van der Waals surface area contributed by atoms with Gasteiger partial charge in [0.2, 0.25) is 0 Å². The molecule has 1 saturated carbocycles. The molecule has 1 N–H and O–H groups in total. The van der Waals surface area contributed by atoms with Crippen LogP contribution in [0.3, 0.4) is 0 Å². The number of alkyl carbamates (subject to hydrolysis) is 1. The molecule has 1 aliphatic rings. The number of ether oxygens (including phenoxy) is 1. The summed E-state index contributed by atoms with van der Waals surface area (Å²) < 4.78 is 5.87. The highest BCUT2D eigenvalue weighted by atomic mass is 16.6. The average molecular weight is 251 g/mol. The maximum absolute atomic E-state index is 11.7. The van der Waals surface area contributed by atoms with Crippen LogP contribution in [0.2, 0.25) is 0 Å². The predicted molar refractivity (Wildman–Crippen MR) is 63.5 cm³/mol. The molecule has 6 nitrogen and oxygen atoms in total. The molecule has 1 fully saturated rings. The van der Waals surface area contributed by atoms with Crippen LogP contribution in [0.4, 0.5) is 4.79 Å². The number of nitrogens with zero attached hydrogens (tertiary/aromatic N) is 2. The van der Waals surface area contributed by atoms with E-state index < -0.39 is 17.2 Å². The summed E-state index contributed by atoms with van der Waals surface area (Å²) in [6.07, 6.45) is 3.79. The number of rotatable bonds is 2. The summed E-state index contributed by atoms with van der Waals surface area (Å²) in [5, 5.41) is 14.4. The molecule has 0 radical (unpaired) electrons. The monoisotopic (exact) mass is 251 g/mol. The predicted octanol–water partition coefficient (Wildman–Crippen LogP) is 1.23. The van der Waals surface area contributed by atoms with Gasteiger partial charge in [-0.3, -0.25) is 0 Å². The number of carbonyl (C=O) groups is 1. The van der Waals surface area contributed by atoms with Gasteiger partial charge < -0.3 is 15.3 Å². The SMILES string of the molecule is CC(C)(C)OC(=O)NC1(c2nccc[n+]2[O-])CC1. The number of hydrogen-bond acceptors (Lipinski definition) is 4. The van der Waals surface area contributed by atoms with Gasteiger partial charge in [0.05, 0.1) is 6.20 Å². The van der Waals surface area contributed by atoms with Gasteiger partial charge in [-0.1, -0.05) is 4.98 Å². The summed E-state index contributed by atoms with van der Waals surface area (Å²) in [6, 6.07) is 1.56. The molecule has 0 unspecified atom stereocenters. The zero-order valence-electron chi connectivity index (χ0n) is 10.8. The van der Waals surface area contributed by atoms with E-state index in [1.807, 2.05) is 0 Å². The van der Waals surface area contributed by atoms with E-state index in [1.165, 1.54) is 6.20 Å². The second kappa shape index (κ2) is 4.12. The number of amides is 1. The molecule has 2 rings (SSSR count). The molecule has 1 heterocycles. The number of carbonyl (C=O) groups excluding carboxylic acids is 1. The van der Waals surface area contributed by atoms with E-state index in [0.717, 1.165) is 0 Å². The first-order valence-electron chi connectivity index (χ1n) is 5.88. The fraction of sp³-hybridized carbons (Fsp3) is 0.583. The summed E-state index contributed by atoms with van der Waals surface area (Å²) in [4.78, 5) is 15.8. The van der Waals surface area contributed by atoms with E-state index in [-0.39, 0.29) is 0 Å². The molecule has 18 heavy (non-hydrogen) atoms. The van der Waals surface area contributed by atoms with Crippen LogP contribution < -0.4 is 10.0 Å². The Labute approximate surface area is 106 Å². The van der Waals surface area contributed by atoms with Gasteiger partial charge in [-0.25, -0.2) is 9.52 Å². The summed E-state index contributed by atoms with van der Waals surface area (Å²) >= 11 is 0. The highest BCUT2D eigenvalue weighted by Gasteiger charge is 2.54. The maximum atomic E-state index is 11.7. The van der Waals surface area contributed by atoms with Crippen molar-refractivity contribution < 1.29 is 14.3 Å². The van der Waals surface area contributed by atoms with E-state index in [2.05, 4.69) is 10.3 Å². The summed E-state index contributed by atoms with van der Waals surface area (Å²) in [5.41, 5.74) is -1.22. The van der Waals surface area contributed by atoms with Crippen molar-refractivity contribution in [2.45, 2.75) is 44.8 Å². The number of hydrogen-bond donors (Lipinski definition) is 1. The number of aromatic nitrogens is 2. The summed E-state index contributed by atoms with van der Waals surface area (Å²) in [6.45, 7) is 5.38. The molecule has 1 amide bonds. The Bertz CT molecular complexity index is 464. The van der Waals surface area contributed by atoms with Crippen molar-refractivity contribution in [3.05, 3.63) is 29.5 Å². The second-order valence-electron chi connectivity index (χ2n) is 5.48. The van der Waals surface area contributed by atoms with Gasteiger partial charge in [-0.15, -0.1) is 0 Å². The van der Waals surface area contributed by atoms with Gasteiger partial charge in [-0.05, 0) is 33.6 Å². The molecular formula is C12H17N3O3. The minimum absolute atomic E-state index is 0.316. The Hall–Kier alpha value is -1.85. The van der Waals surface area contributed by atoms with Crippen LogP contribution in [0.1, 0.15) is 39.4 Å². The highest BCUT2D eigenvalue weighted by Crippen LogP contribution is 2.43. The third-order valence-corrected chi connectivity index (χ3v) is 2.63. The third-order valence-electron chi connectivity index (χ3n) is 2.63. The molecule has 98 valence electrons. The van der Waals surface area contributed by atoms with E-state index in [0.29, 0.717) is 23.4 Å². The summed E-state index contributed by atoms with van der Waals surface area (Å²) in [5.74, 6) is 0.316.